The molecule has 1 saturated carbocycles. The Hall–Kier alpha value is -0.870. The van der Waals surface area contributed by atoms with Crippen molar-refractivity contribution in [2.75, 3.05) is 13.1 Å². The Bertz CT molecular complexity index is 320. The number of aliphatic hydroxyl groups excluding tert-OH is 1. The largest absolute Gasteiger partial charge is 0.392 e. The molecule has 1 unspecified atom stereocenters. The Kier molecular flexibility index (Phi) is 6.37. The van der Waals surface area contributed by atoms with Crippen LogP contribution in [0.3, 0.4) is 0 Å². The van der Waals surface area contributed by atoms with Crippen LogP contribution >= 0.6 is 0 Å². The van der Waals surface area contributed by atoms with Gasteiger partial charge >= 0.3 is 0 Å². The monoisotopic (exact) mass is 265 g/mol. The molecule has 4 heteroatoms. The fourth-order valence-corrected chi connectivity index (χ4v) is 2.95. The van der Waals surface area contributed by atoms with Crippen LogP contribution in [0.25, 0.3) is 0 Å². The SMILES string of the molecule is OC(CNCCCCn1ccnc1)CC1CCCC1. The van der Waals surface area contributed by atoms with Gasteiger partial charge in [0.05, 0.1) is 12.4 Å². The number of nitrogens with one attached hydrogen (secondary N) is 1. The molecule has 1 aromatic rings. The van der Waals surface area contributed by atoms with E-state index in [-0.39, 0.29) is 6.10 Å². The summed E-state index contributed by atoms with van der Waals surface area (Å²) in [6.07, 6.45) is 14.2. The van der Waals surface area contributed by atoms with Gasteiger partial charge in [-0.15, -0.1) is 0 Å². The van der Waals surface area contributed by atoms with E-state index in [9.17, 15) is 5.11 Å². The normalized spacial score (nSPS) is 17.9. The molecule has 1 fully saturated rings. The van der Waals surface area contributed by atoms with Gasteiger partial charge in [0.15, 0.2) is 0 Å². The van der Waals surface area contributed by atoms with Crippen molar-refractivity contribution in [3.63, 3.8) is 0 Å². The third-order valence-corrected chi connectivity index (χ3v) is 4.04. The first-order valence-corrected chi connectivity index (χ1v) is 7.69. The van der Waals surface area contributed by atoms with Crippen LogP contribution in [0.2, 0.25) is 0 Å². The number of aliphatic hydroxyl groups is 1. The Morgan fingerprint density at radius 1 is 1.32 bits per heavy atom. The summed E-state index contributed by atoms with van der Waals surface area (Å²) < 4.78 is 2.11. The summed E-state index contributed by atoms with van der Waals surface area (Å²) >= 11 is 0. The first-order chi connectivity index (χ1) is 9.34. The number of aryl methyl sites for hydroxylation is 1. The van der Waals surface area contributed by atoms with Gasteiger partial charge in [0, 0.05) is 25.5 Å². The minimum atomic E-state index is -0.156. The third kappa shape index (κ3) is 5.74. The topological polar surface area (TPSA) is 50.1 Å². The van der Waals surface area contributed by atoms with Crippen molar-refractivity contribution in [3.05, 3.63) is 18.7 Å². The van der Waals surface area contributed by atoms with E-state index >= 15 is 0 Å². The van der Waals surface area contributed by atoms with Gasteiger partial charge in [0.1, 0.15) is 0 Å². The zero-order valence-corrected chi connectivity index (χ0v) is 11.8. The van der Waals surface area contributed by atoms with Crippen LogP contribution in [0.15, 0.2) is 18.7 Å². The van der Waals surface area contributed by atoms with E-state index in [2.05, 4.69) is 14.9 Å². The molecule has 0 amide bonds. The highest BCUT2D eigenvalue weighted by Crippen LogP contribution is 2.28. The van der Waals surface area contributed by atoms with Crippen LogP contribution < -0.4 is 5.32 Å². The number of hydrogen-bond donors (Lipinski definition) is 2. The fourth-order valence-electron chi connectivity index (χ4n) is 2.95. The van der Waals surface area contributed by atoms with E-state index in [1.807, 2.05) is 18.7 Å². The average Bonchev–Trinajstić information content (AvgIpc) is 3.06. The van der Waals surface area contributed by atoms with Crippen molar-refractivity contribution in [2.24, 2.45) is 5.92 Å². The van der Waals surface area contributed by atoms with Gasteiger partial charge in [-0.05, 0) is 31.7 Å². The maximum atomic E-state index is 9.94. The lowest BCUT2D eigenvalue weighted by atomic mass is 10.00. The van der Waals surface area contributed by atoms with Gasteiger partial charge in [-0.2, -0.15) is 0 Å². The van der Waals surface area contributed by atoms with Crippen molar-refractivity contribution in [3.8, 4) is 0 Å². The first kappa shape index (κ1) is 14.5. The average molecular weight is 265 g/mol. The Labute approximate surface area is 116 Å². The number of imidazole rings is 1. The van der Waals surface area contributed by atoms with E-state index in [0.717, 1.165) is 44.8 Å². The van der Waals surface area contributed by atoms with Gasteiger partial charge < -0.3 is 15.0 Å². The summed E-state index contributed by atoms with van der Waals surface area (Å²) in [7, 11) is 0. The van der Waals surface area contributed by atoms with E-state index in [1.165, 1.54) is 25.7 Å². The number of nitrogens with zero attached hydrogens (tertiary/aromatic N) is 2. The molecule has 0 spiro atoms. The van der Waals surface area contributed by atoms with Crippen molar-refractivity contribution >= 4 is 0 Å². The maximum Gasteiger partial charge on any atom is 0.0945 e. The molecular formula is C15H27N3O. The molecule has 4 nitrogen and oxygen atoms in total. The predicted octanol–water partition coefficient (Wildman–Crippen LogP) is 2.19. The molecule has 108 valence electrons. The predicted molar refractivity (Wildman–Crippen MR) is 76.9 cm³/mol. The lowest BCUT2D eigenvalue weighted by molar-refractivity contribution is 0.141. The molecule has 0 bridgehead atoms. The molecule has 19 heavy (non-hydrogen) atoms. The molecule has 1 heterocycles. The minimum Gasteiger partial charge on any atom is -0.392 e. The highest BCUT2D eigenvalue weighted by atomic mass is 16.3. The molecule has 1 aromatic heterocycles. The van der Waals surface area contributed by atoms with Crippen LogP contribution in [0.4, 0.5) is 0 Å². The Morgan fingerprint density at radius 3 is 2.89 bits per heavy atom. The summed E-state index contributed by atoms with van der Waals surface area (Å²) in [4.78, 5) is 4.02. The summed E-state index contributed by atoms with van der Waals surface area (Å²) in [5.41, 5.74) is 0. The molecule has 0 saturated heterocycles. The van der Waals surface area contributed by atoms with E-state index in [0.29, 0.717) is 0 Å². The van der Waals surface area contributed by atoms with Gasteiger partial charge in [0.25, 0.3) is 0 Å². The third-order valence-electron chi connectivity index (χ3n) is 4.04. The van der Waals surface area contributed by atoms with Crippen molar-refractivity contribution in [2.45, 2.75) is 57.6 Å². The standard InChI is InChI=1S/C15H27N3O/c19-15(11-14-5-1-2-6-14)12-16-7-3-4-9-18-10-8-17-13-18/h8,10,13-16,19H,1-7,9,11-12H2. The highest BCUT2D eigenvalue weighted by Gasteiger charge is 2.18. The van der Waals surface area contributed by atoms with Crippen LogP contribution in [0, 0.1) is 5.92 Å². The fraction of sp³-hybridized carbons (Fsp3) is 0.800. The van der Waals surface area contributed by atoms with Crippen molar-refractivity contribution in [1.29, 1.82) is 0 Å². The van der Waals surface area contributed by atoms with Gasteiger partial charge in [-0.3, -0.25) is 0 Å². The smallest absolute Gasteiger partial charge is 0.0945 e. The molecular weight excluding hydrogens is 238 g/mol. The molecule has 1 aliphatic rings. The number of aromatic nitrogens is 2. The summed E-state index contributed by atoms with van der Waals surface area (Å²) in [6, 6.07) is 0. The molecule has 1 aliphatic carbocycles. The van der Waals surface area contributed by atoms with Crippen LogP contribution in [-0.2, 0) is 6.54 Å². The van der Waals surface area contributed by atoms with Gasteiger partial charge in [-0.25, -0.2) is 4.98 Å². The molecule has 2 rings (SSSR count). The van der Waals surface area contributed by atoms with Gasteiger partial charge in [-0.1, -0.05) is 25.7 Å². The zero-order valence-electron chi connectivity index (χ0n) is 11.8. The first-order valence-electron chi connectivity index (χ1n) is 7.69. The Morgan fingerprint density at radius 2 is 2.16 bits per heavy atom. The summed E-state index contributed by atoms with van der Waals surface area (Å²) in [5.74, 6) is 0.776. The van der Waals surface area contributed by atoms with Crippen LogP contribution in [0.1, 0.15) is 44.9 Å². The summed E-state index contributed by atoms with van der Waals surface area (Å²) in [5, 5.41) is 13.3. The highest BCUT2D eigenvalue weighted by molar-refractivity contribution is 4.74. The second-order valence-electron chi connectivity index (χ2n) is 5.75. The lowest BCUT2D eigenvalue weighted by Gasteiger charge is -2.15. The number of rotatable bonds is 9. The number of hydrogen-bond acceptors (Lipinski definition) is 3. The van der Waals surface area contributed by atoms with E-state index < -0.39 is 0 Å². The van der Waals surface area contributed by atoms with Crippen molar-refractivity contribution < 1.29 is 5.11 Å². The summed E-state index contributed by atoms with van der Waals surface area (Å²) in [6.45, 7) is 2.78. The molecule has 0 radical (unpaired) electrons. The van der Waals surface area contributed by atoms with Gasteiger partial charge in [0.2, 0.25) is 0 Å². The van der Waals surface area contributed by atoms with Crippen LogP contribution in [-0.4, -0.2) is 33.9 Å². The molecule has 0 aromatic carbocycles. The maximum absolute atomic E-state index is 9.94. The lowest BCUT2D eigenvalue weighted by Crippen LogP contribution is -2.29. The van der Waals surface area contributed by atoms with Crippen LogP contribution in [0.5, 0.6) is 0 Å². The molecule has 2 N–H and O–H groups in total. The molecule has 0 aliphatic heterocycles. The second-order valence-corrected chi connectivity index (χ2v) is 5.75. The second kappa shape index (κ2) is 8.33. The quantitative estimate of drug-likeness (QED) is 0.673. The zero-order chi connectivity index (χ0) is 13.3. The van der Waals surface area contributed by atoms with E-state index in [4.69, 9.17) is 0 Å². The van der Waals surface area contributed by atoms with E-state index in [1.54, 1.807) is 0 Å². The Balaban J connectivity index is 1.42. The number of unbranched alkanes of at least 4 members (excludes halogenated alkanes) is 1. The minimum absolute atomic E-state index is 0.156. The van der Waals surface area contributed by atoms with Crippen molar-refractivity contribution in [1.82, 2.24) is 14.9 Å². The molecule has 1 atom stereocenters.